The highest BCUT2D eigenvalue weighted by atomic mass is 32.2. The van der Waals surface area contributed by atoms with Gasteiger partial charge in [0.25, 0.3) is 0 Å². The van der Waals surface area contributed by atoms with Gasteiger partial charge in [-0.1, -0.05) is 0 Å². The summed E-state index contributed by atoms with van der Waals surface area (Å²) in [7, 11) is -3.99. The molecule has 1 amide bonds. The molecule has 0 radical (unpaired) electrons. The number of rotatable bonds is 4. The molecule has 2 rings (SSSR count). The molecule has 0 unspecified atom stereocenters. The van der Waals surface area contributed by atoms with Gasteiger partial charge in [-0.05, 0) is 51.8 Å². The molecule has 0 aromatic heterocycles. The van der Waals surface area contributed by atoms with E-state index in [1.165, 1.54) is 6.07 Å². The summed E-state index contributed by atoms with van der Waals surface area (Å²) < 4.78 is 40.6. The van der Waals surface area contributed by atoms with Gasteiger partial charge < -0.3 is 5.32 Å². The van der Waals surface area contributed by atoms with Crippen molar-refractivity contribution in [2.24, 2.45) is 5.92 Å². The van der Waals surface area contributed by atoms with Gasteiger partial charge in [-0.25, -0.2) is 17.5 Å². The molecule has 1 fully saturated rings. The average Bonchev–Trinajstić information content (AvgIpc) is 3.12. The largest absolute Gasteiger partial charge is 0.326 e. The first-order valence-corrected chi connectivity index (χ1v) is 8.21. The summed E-state index contributed by atoms with van der Waals surface area (Å²) in [4.78, 5) is 11.2. The Balaban J connectivity index is 2.28. The van der Waals surface area contributed by atoms with Gasteiger partial charge in [-0.15, -0.1) is 0 Å². The van der Waals surface area contributed by atoms with Crippen molar-refractivity contribution >= 4 is 21.6 Å². The first-order chi connectivity index (χ1) is 9.58. The van der Waals surface area contributed by atoms with E-state index in [4.69, 9.17) is 0 Å². The molecular weight excluding hydrogens is 295 g/mol. The molecule has 21 heavy (non-hydrogen) atoms. The second-order valence-electron chi connectivity index (χ2n) is 6.26. The van der Waals surface area contributed by atoms with Gasteiger partial charge in [0.15, 0.2) is 0 Å². The predicted octanol–water partition coefficient (Wildman–Crippen LogP) is 2.25. The van der Waals surface area contributed by atoms with Crippen LogP contribution in [0.4, 0.5) is 10.1 Å². The maximum Gasteiger partial charge on any atom is 0.244 e. The van der Waals surface area contributed by atoms with Crippen molar-refractivity contribution in [3.8, 4) is 0 Å². The Morgan fingerprint density at radius 3 is 2.43 bits per heavy atom. The van der Waals surface area contributed by atoms with Gasteiger partial charge in [0.2, 0.25) is 15.9 Å². The molecule has 116 valence electrons. The van der Waals surface area contributed by atoms with Crippen LogP contribution in [0.25, 0.3) is 0 Å². The van der Waals surface area contributed by atoms with Crippen LogP contribution in [-0.4, -0.2) is 19.9 Å². The summed E-state index contributed by atoms with van der Waals surface area (Å²) in [5.74, 6) is -1.02. The van der Waals surface area contributed by atoms with Gasteiger partial charge >= 0.3 is 0 Å². The van der Waals surface area contributed by atoms with Crippen LogP contribution < -0.4 is 10.0 Å². The molecule has 5 nitrogen and oxygen atoms in total. The number of halogens is 1. The van der Waals surface area contributed by atoms with Crippen molar-refractivity contribution < 1.29 is 17.6 Å². The van der Waals surface area contributed by atoms with Crippen molar-refractivity contribution in [3.63, 3.8) is 0 Å². The lowest BCUT2D eigenvalue weighted by Gasteiger charge is -2.20. The highest BCUT2D eigenvalue weighted by Crippen LogP contribution is 2.30. The zero-order valence-electron chi connectivity index (χ0n) is 12.2. The molecule has 2 N–H and O–H groups in total. The third-order valence-electron chi connectivity index (χ3n) is 2.88. The lowest BCUT2D eigenvalue weighted by atomic mass is 10.1. The number of anilines is 1. The SMILES string of the molecule is CC(C)(C)NS(=O)(=O)c1cc(NC(=O)C2CC2)ccc1F. The molecule has 1 aromatic carbocycles. The third kappa shape index (κ3) is 4.25. The lowest BCUT2D eigenvalue weighted by Crippen LogP contribution is -2.40. The Labute approximate surface area is 124 Å². The highest BCUT2D eigenvalue weighted by molar-refractivity contribution is 7.89. The average molecular weight is 314 g/mol. The number of hydrogen-bond donors (Lipinski definition) is 2. The molecule has 0 bridgehead atoms. The quantitative estimate of drug-likeness (QED) is 0.895. The zero-order chi connectivity index (χ0) is 15.8. The van der Waals surface area contributed by atoms with E-state index in [9.17, 15) is 17.6 Å². The fraction of sp³-hybridized carbons (Fsp3) is 0.500. The fourth-order valence-corrected chi connectivity index (χ4v) is 3.36. The molecule has 0 atom stereocenters. The Kier molecular flexibility index (Phi) is 4.08. The summed E-state index contributed by atoms with van der Waals surface area (Å²) in [6.07, 6.45) is 1.67. The molecule has 7 heteroatoms. The Hall–Kier alpha value is -1.47. The molecule has 1 aliphatic rings. The molecular formula is C14H19FN2O3S. The van der Waals surface area contributed by atoms with Gasteiger partial charge in [0, 0.05) is 17.1 Å². The minimum atomic E-state index is -3.99. The Bertz CT molecular complexity index is 661. The summed E-state index contributed by atoms with van der Waals surface area (Å²) >= 11 is 0. The van der Waals surface area contributed by atoms with Crippen LogP contribution >= 0.6 is 0 Å². The number of sulfonamides is 1. The van der Waals surface area contributed by atoms with Crippen LogP contribution in [0, 0.1) is 11.7 Å². The van der Waals surface area contributed by atoms with Crippen molar-refractivity contribution in [3.05, 3.63) is 24.0 Å². The number of hydrogen-bond acceptors (Lipinski definition) is 3. The first kappa shape index (κ1) is 15.9. The van der Waals surface area contributed by atoms with Crippen LogP contribution in [0.3, 0.4) is 0 Å². The normalized spacial score (nSPS) is 15.8. The van der Waals surface area contributed by atoms with Crippen molar-refractivity contribution in [1.82, 2.24) is 4.72 Å². The van der Waals surface area contributed by atoms with Gasteiger partial charge in [-0.3, -0.25) is 4.79 Å². The van der Waals surface area contributed by atoms with E-state index >= 15 is 0 Å². The Morgan fingerprint density at radius 1 is 1.29 bits per heavy atom. The summed E-state index contributed by atoms with van der Waals surface area (Å²) in [5, 5.41) is 2.61. The number of amides is 1. The number of nitrogens with one attached hydrogen (secondary N) is 2. The zero-order valence-corrected chi connectivity index (χ0v) is 13.1. The van der Waals surface area contributed by atoms with E-state index in [0.717, 1.165) is 25.0 Å². The number of benzene rings is 1. The van der Waals surface area contributed by atoms with E-state index in [1.54, 1.807) is 20.8 Å². The van der Waals surface area contributed by atoms with Gasteiger partial charge in [-0.2, -0.15) is 0 Å². The van der Waals surface area contributed by atoms with E-state index < -0.39 is 26.3 Å². The van der Waals surface area contributed by atoms with Gasteiger partial charge in [0.1, 0.15) is 10.7 Å². The minimum absolute atomic E-state index is 0.0113. The lowest BCUT2D eigenvalue weighted by molar-refractivity contribution is -0.117. The van der Waals surface area contributed by atoms with E-state index in [0.29, 0.717) is 0 Å². The van der Waals surface area contributed by atoms with E-state index in [1.807, 2.05) is 0 Å². The van der Waals surface area contributed by atoms with Crippen molar-refractivity contribution in [2.75, 3.05) is 5.32 Å². The summed E-state index contributed by atoms with van der Waals surface area (Å²) in [6, 6.07) is 3.54. The molecule has 0 aliphatic heterocycles. The van der Waals surface area contributed by atoms with Crippen LogP contribution in [0.15, 0.2) is 23.1 Å². The van der Waals surface area contributed by atoms with Crippen LogP contribution in [0.5, 0.6) is 0 Å². The third-order valence-corrected chi connectivity index (χ3v) is 4.65. The smallest absolute Gasteiger partial charge is 0.244 e. The fourth-order valence-electron chi connectivity index (χ4n) is 1.83. The standard InChI is InChI=1S/C14H19FN2O3S/c1-14(2,3)17-21(19,20)12-8-10(6-7-11(12)15)16-13(18)9-4-5-9/h6-9,17H,4-5H2,1-3H3,(H,16,18). The van der Waals surface area contributed by atoms with E-state index in [-0.39, 0.29) is 17.5 Å². The second kappa shape index (κ2) is 5.38. The molecule has 1 aliphatic carbocycles. The van der Waals surface area contributed by atoms with Crippen LogP contribution in [0.1, 0.15) is 33.6 Å². The maximum atomic E-state index is 13.8. The monoisotopic (exact) mass is 314 g/mol. The first-order valence-electron chi connectivity index (χ1n) is 6.73. The maximum absolute atomic E-state index is 13.8. The molecule has 1 aromatic rings. The highest BCUT2D eigenvalue weighted by Gasteiger charge is 2.30. The molecule has 0 heterocycles. The number of carbonyl (C=O) groups is 1. The molecule has 1 saturated carbocycles. The Morgan fingerprint density at radius 2 is 1.90 bits per heavy atom. The molecule has 0 spiro atoms. The summed E-state index contributed by atoms with van der Waals surface area (Å²) in [6.45, 7) is 5.00. The summed E-state index contributed by atoms with van der Waals surface area (Å²) in [5.41, 5.74) is -0.444. The topological polar surface area (TPSA) is 75.3 Å². The predicted molar refractivity (Wildman–Crippen MR) is 77.8 cm³/mol. The van der Waals surface area contributed by atoms with E-state index in [2.05, 4.69) is 10.0 Å². The van der Waals surface area contributed by atoms with Crippen molar-refractivity contribution in [1.29, 1.82) is 0 Å². The second-order valence-corrected chi connectivity index (χ2v) is 7.92. The van der Waals surface area contributed by atoms with Crippen LogP contribution in [0.2, 0.25) is 0 Å². The molecule has 0 saturated heterocycles. The van der Waals surface area contributed by atoms with Crippen LogP contribution in [-0.2, 0) is 14.8 Å². The van der Waals surface area contributed by atoms with Crippen molar-refractivity contribution in [2.45, 2.75) is 44.0 Å². The number of carbonyl (C=O) groups excluding carboxylic acids is 1. The van der Waals surface area contributed by atoms with Gasteiger partial charge in [0.05, 0.1) is 0 Å². The minimum Gasteiger partial charge on any atom is -0.326 e.